The minimum absolute atomic E-state index is 0.00865. The molecule has 2 aliphatic rings. The summed E-state index contributed by atoms with van der Waals surface area (Å²) in [5, 5.41) is 13.9. The first-order valence-electron chi connectivity index (χ1n) is 10.3. The van der Waals surface area contributed by atoms with Crippen molar-refractivity contribution in [2.45, 2.75) is 51.2 Å². The number of hydrogen-bond donors (Lipinski definition) is 2. The van der Waals surface area contributed by atoms with Gasteiger partial charge in [0.05, 0.1) is 22.1 Å². The van der Waals surface area contributed by atoms with Gasteiger partial charge in [0.1, 0.15) is 11.6 Å². The number of amides is 1. The summed E-state index contributed by atoms with van der Waals surface area (Å²) in [4.78, 5) is 13.0. The number of hydrogen-bond acceptors (Lipinski definition) is 2. The molecule has 32 heavy (non-hydrogen) atoms. The molecule has 3 nitrogen and oxygen atoms in total. The molecule has 1 fully saturated rings. The Morgan fingerprint density at radius 2 is 1.78 bits per heavy atom. The monoisotopic (exact) mass is 467 g/mol. The van der Waals surface area contributed by atoms with E-state index in [0.29, 0.717) is 22.3 Å². The number of aliphatic hydroxyl groups is 1. The highest BCUT2D eigenvalue weighted by Crippen LogP contribution is 2.48. The van der Waals surface area contributed by atoms with E-state index in [1.54, 1.807) is 32.0 Å². The Balaban J connectivity index is 1.78. The van der Waals surface area contributed by atoms with Crippen LogP contribution in [-0.2, 0) is 4.79 Å². The minimum Gasteiger partial charge on any atom is -0.509 e. The molecule has 1 heterocycles. The average Bonchev–Trinajstić information content (AvgIpc) is 2.94. The van der Waals surface area contributed by atoms with Crippen LogP contribution in [0, 0.1) is 25.6 Å². The summed E-state index contributed by atoms with van der Waals surface area (Å²) in [5.74, 6) is -2.74. The standard InChI is InChI=1S/C24H22ClF4NO2/c1-12-3-5-16(14-4-6-17(25)18(26)11-14)13(2)19(12)20-21(31)23(30-22(20)32)9-7-15(8-10-23)24(27,28)29/h3-6,11,15,31H,7-10H2,1-2H3,(H,30,32)/t15-,23-. The summed E-state index contributed by atoms with van der Waals surface area (Å²) in [6.45, 7) is 3.55. The first kappa shape index (κ1) is 22.6. The lowest BCUT2D eigenvalue weighted by atomic mass is 9.75. The van der Waals surface area contributed by atoms with Crippen LogP contribution in [0.5, 0.6) is 0 Å². The molecular weight excluding hydrogens is 446 g/mol. The van der Waals surface area contributed by atoms with E-state index in [9.17, 15) is 27.5 Å². The second-order valence-electron chi connectivity index (χ2n) is 8.63. The van der Waals surface area contributed by atoms with Gasteiger partial charge in [0.15, 0.2) is 0 Å². The molecule has 1 spiro atoms. The van der Waals surface area contributed by atoms with E-state index in [0.717, 1.165) is 5.56 Å². The van der Waals surface area contributed by atoms with E-state index in [4.69, 9.17) is 11.6 Å². The SMILES string of the molecule is Cc1ccc(-c2ccc(Cl)c(F)c2)c(C)c1C1=C(O)[C@]2(CC[C@@H](C(F)(F)F)CC2)NC1=O. The largest absolute Gasteiger partial charge is 0.509 e. The average molecular weight is 468 g/mol. The summed E-state index contributed by atoms with van der Waals surface area (Å²) < 4.78 is 53.3. The van der Waals surface area contributed by atoms with Gasteiger partial charge in [-0.3, -0.25) is 4.79 Å². The highest BCUT2D eigenvalue weighted by atomic mass is 35.5. The molecule has 1 aliphatic heterocycles. The van der Waals surface area contributed by atoms with Crippen molar-refractivity contribution in [3.8, 4) is 11.1 Å². The van der Waals surface area contributed by atoms with Crippen LogP contribution in [0.4, 0.5) is 17.6 Å². The number of carbonyl (C=O) groups excluding carboxylic acids is 1. The Kier molecular flexibility index (Phi) is 5.52. The maximum absolute atomic E-state index is 14.0. The van der Waals surface area contributed by atoms with E-state index in [-0.39, 0.29) is 42.0 Å². The van der Waals surface area contributed by atoms with Gasteiger partial charge >= 0.3 is 6.18 Å². The molecule has 1 saturated carbocycles. The van der Waals surface area contributed by atoms with E-state index in [1.807, 2.05) is 0 Å². The number of benzene rings is 2. The van der Waals surface area contributed by atoms with E-state index >= 15 is 0 Å². The number of rotatable bonds is 2. The van der Waals surface area contributed by atoms with Gasteiger partial charge in [0.2, 0.25) is 0 Å². The van der Waals surface area contributed by atoms with Crippen molar-refractivity contribution in [3.63, 3.8) is 0 Å². The lowest BCUT2D eigenvalue weighted by molar-refractivity contribution is -0.184. The van der Waals surface area contributed by atoms with E-state index in [1.165, 1.54) is 12.1 Å². The van der Waals surface area contributed by atoms with Crippen LogP contribution in [0.15, 0.2) is 36.1 Å². The van der Waals surface area contributed by atoms with E-state index < -0.39 is 29.4 Å². The molecule has 8 heteroatoms. The van der Waals surface area contributed by atoms with Gasteiger partial charge in [-0.25, -0.2) is 4.39 Å². The predicted octanol–water partition coefficient (Wildman–Crippen LogP) is 6.65. The first-order valence-corrected chi connectivity index (χ1v) is 10.7. The molecule has 0 unspecified atom stereocenters. The lowest BCUT2D eigenvalue weighted by Crippen LogP contribution is -2.48. The van der Waals surface area contributed by atoms with Crippen molar-refractivity contribution in [1.29, 1.82) is 0 Å². The Morgan fingerprint density at radius 3 is 2.38 bits per heavy atom. The summed E-state index contributed by atoms with van der Waals surface area (Å²) in [6, 6.07) is 7.97. The number of carbonyl (C=O) groups is 1. The molecule has 0 bridgehead atoms. The quantitative estimate of drug-likeness (QED) is 0.485. The van der Waals surface area contributed by atoms with Crippen LogP contribution in [0.1, 0.15) is 42.4 Å². The number of alkyl halides is 3. The zero-order valence-corrected chi connectivity index (χ0v) is 18.3. The number of aliphatic hydroxyl groups excluding tert-OH is 1. The lowest BCUT2D eigenvalue weighted by Gasteiger charge is -2.37. The van der Waals surface area contributed by atoms with Gasteiger partial charge in [-0.2, -0.15) is 13.2 Å². The van der Waals surface area contributed by atoms with Crippen molar-refractivity contribution < 1.29 is 27.5 Å². The fourth-order valence-electron chi connectivity index (χ4n) is 4.93. The van der Waals surface area contributed by atoms with Gasteiger partial charge < -0.3 is 10.4 Å². The molecular formula is C24H22ClF4NO2. The van der Waals surface area contributed by atoms with Gasteiger partial charge in [0, 0.05) is 0 Å². The summed E-state index contributed by atoms with van der Waals surface area (Å²) in [7, 11) is 0. The maximum Gasteiger partial charge on any atom is 0.391 e. The molecule has 4 rings (SSSR count). The number of halogens is 5. The normalized spacial score (nSPS) is 23.7. The van der Waals surface area contributed by atoms with Crippen LogP contribution in [0.25, 0.3) is 16.7 Å². The summed E-state index contributed by atoms with van der Waals surface area (Å²) in [6.07, 6.45) is -4.59. The Bertz CT molecular complexity index is 1130. The van der Waals surface area contributed by atoms with Crippen molar-refractivity contribution in [3.05, 3.63) is 63.6 Å². The second-order valence-corrected chi connectivity index (χ2v) is 9.04. The zero-order chi connectivity index (χ0) is 23.4. The smallest absolute Gasteiger partial charge is 0.391 e. The van der Waals surface area contributed by atoms with Gasteiger partial charge in [-0.1, -0.05) is 29.8 Å². The fraction of sp³-hybridized carbons (Fsp3) is 0.375. The van der Waals surface area contributed by atoms with Crippen molar-refractivity contribution in [2.24, 2.45) is 5.92 Å². The molecule has 2 aromatic rings. The topological polar surface area (TPSA) is 49.3 Å². The molecule has 2 N–H and O–H groups in total. The number of aryl methyl sites for hydroxylation is 1. The van der Waals surface area contributed by atoms with Crippen LogP contribution < -0.4 is 5.32 Å². The Labute approximate surface area is 188 Å². The molecule has 0 aromatic heterocycles. The van der Waals surface area contributed by atoms with Gasteiger partial charge in [0.25, 0.3) is 5.91 Å². The second kappa shape index (κ2) is 7.80. The fourth-order valence-corrected chi connectivity index (χ4v) is 5.04. The summed E-state index contributed by atoms with van der Waals surface area (Å²) in [5.41, 5.74) is 1.99. The molecule has 1 aliphatic carbocycles. The zero-order valence-electron chi connectivity index (χ0n) is 17.5. The van der Waals surface area contributed by atoms with Gasteiger partial charge in [-0.15, -0.1) is 0 Å². The minimum atomic E-state index is -4.29. The molecule has 0 radical (unpaired) electrons. The molecule has 1 amide bonds. The maximum atomic E-state index is 14.0. The van der Waals surface area contributed by atoms with E-state index in [2.05, 4.69) is 5.32 Å². The van der Waals surface area contributed by atoms with Crippen molar-refractivity contribution in [2.75, 3.05) is 0 Å². The third kappa shape index (κ3) is 3.66. The third-order valence-corrected chi connectivity index (χ3v) is 7.03. The van der Waals surface area contributed by atoms with Crippen LogP contribution in [0.3, 0.4) is 0 Å². The molecule has 170 valence electrons. The highest BCUT2D eigenvalue weighted by Gasteiger charge is 2.52. The van der Waals surface area contributed by atoms with Crippen LogP contribution in [-0.4, -0.2) is 22.7 Å². The van der Waals surface area contributed by atoms with Crippen molar-refractivity contribution in [1.82, 2.24) is 5.32 Å². The summed E-state index contributed by atoms with van der Waals surface area (Å²) >= 11 is 5.79. The predicted molar refractivity (Wildman–Crippen MR) is 115 cm³/mol. The van der Waals surface area contributed by atoms with Crippen molar-refractivity contribution >= 4 is 23.1 Å². The third-order valence-electron chi connectivity index (χ3n) is 6.73. The first-order chi connectivity index (χ1) is 14.9. The van der Waals surface area contributed by atoms with Crippen LogP contribution >= 0.6 is 11.6 Å². The molecule has 0 atom stereocenters. The Hall–Kier alpha value is -2.54. The van der Waals surface area contributed by atoms with Crippen LogP contribution in [0.2, 0.25) is 5.02 Å². The number of nitrogens with one attached hydrogen (secondary N) is 1. The highest BCUT2D eigenvalue weighted by molar-refractivity contribution is 6.30. The van der Waals surface area contributed by atoms with Gasteiger partial charge in [-0.05, 0) is 79.5 Å². The Morgan fingerprint density at radius 1 is 1.12 bits per heavy atom. The molecule has 0 saturated heterocycles. The molecule has 2 aromatic carbocycles.